The van der Waals surface area contributed by atoms with E-state index >= 15 is 0 Å². The minimum atomic E-state index is -0.578. The van der Waals surface area contributed by atoms with Crippen LogP contribution in [0, 0.1) is 22.0 Å². The molecule has 0 unspecified atom stereocenters. The standard InChI is InChI=1S/C14H16N2O4/c1-3-20-14(17)12-8-7-11(6-4-5-9-15-2)13(10-12)16(18)19/h7-8,10,15H,3,5,9H2,1-2H3. The zero-order valence-corrected chi connectivity index (χ0v) is 11.4. The molecule has 0 aliphatic rings. The van der Waals surface area contributed by atoms with Crippen molar-refractivity contribution in [2.24, 2.45) is 0 Å². The molecule has 20 heavy (non-hydrogen) atoms. The molecule has 0 aromatic heterocycles. The number of benzene rings is 1. The van der Waals surface area contributed by atoms with Crippen LogP contribution in [0.25, 0.3) is 0 Å². The molecule has 106 valence electrons. The molecule has 1 N–H and O–H groups in total. The smallest absolute Gasteiger partial charge is 0.338 e. The Balaban J connectivity index is 3.04. The highest BCUT2D eigenvalue weighted by Gasteiger charge is 2.16. The molecule has 0 fully saturated rings. The molecule has 6 nitrogen and oxygen atoms in total. The van der Waals surface area contributed by atoms with Gasteiger partial charge in [-0.25, -0.2) is 4.79 Å². The number of ether oxygens (including phenoxy) is 1. The average molecular weight is 276 g/mol. The van der Waals surface area contributed by atoms with Gasteiger partial charge in [-0.2, -0.15) is 0 Å². The number of nitrogens with one attached hydrogen (secondary N) is 1. The lowest BCUT2D eigenvalue weighted by Crippen LogP contribution is -2.06. The normalized spacial score (nSPS) is 9.50. The number of hydrogen-bond donors (Lipinski definition) is 1. The molecule has 0 aliphatic heterocycles. The molecule has 6 heteroatoms. The molecule has 0 atom stereocenters. The quantitative estimate of drug-likeness (QED) is 0.291. The van der Waals surface area contributed by atoms with Gasteiger partial charge in [-0.1, -0.05) is 11.8 Å². The van der Waals surface area contributed by atoms with Crippen molar-refractivity contribution in [2.75, 3.05) is 20.2 Å². The van der Waals surface area contributed by atoms with Crippen LogP contribution in [0.2, 0.25) is 0 Å². The first-order valence-electron chi connectivity index (χ1n) is 6.19. The molecule has 0 aliphatic carbocycles. The van der Waals surface area contributed by atoms with Gasteiger partial charge in [0.25, 0.3) is 5.69 Å². The molecule has 0 saturated heterocycles. The summed E-state index contributed by atoms with van der Waals surface area (Å²) in [6.45, 7) is 2.60. The van der Waals surface area contributed by atoms with Crippen LogP contribution in [0.1, 0.15) is 29.3 Å². The Bertz CT molecular complexity index is 558. The van der Waals surface area contributed by atoms with Gasteiger partial charge in [-0.05, 0) is 26.1 Å². The molecule has 1 aromatic rings. The van der Waals surface area contributed by atoms with Crippen molar-refractivity contribution in [3.05, 3.63) is 39.4 Å². The van der Waals surface area contributed by atoms with Crippen molar-refractivity contribution in [3.63, 3.8) is 0 Å². The van der Waals surface area contributed by atoms with Gasteiger partial charge < -0.3 is 10.1 Å². The van der Waals surface area contributed by atoms with Crippen LogP contribution in [0.5, 0.6) is 0 Å². The van der Waals surface area contributed by atoms with Gasteiger partial charge in [-0.15, -0.1) is 0 Å². The van der Waals surface area contributed by atoms with Gasteiger partial charge in [-0.3, -0.25) is 10.1 Å². The lowest BCUT2D eigenvalue weighted by atomic mass is 10.1. The molecule has 0 radical (unpaired) electrons. The Morgan fingerprint density at radius 2 is 2.25 bits per heavy atom. The number of nitrogens with zero attached hydrogens (tertiary/aromatic N) is 1. The highest BCUT2D eigenvalue weighted by Crippen LogP contribution is 2.20. The summed E-state index contributed by atoms with van der Waals surface area (Å²) >= 11 is 0. The molecule has 0 saturated carbocycles. The van der Waals surface area contributed by atoms with E-state index in [0.717, 1.165) is 0 Å². The molecule has 0 amide bonds. The zero-order valence-electron chi connectivity index (χ0n) is 11.4. The summed E-state index contributed by atoms with van der Waals surface area (Å²) in [5, 5.41) is 13.9. The van der Waals surface area contributed by atoms with Crippen LogP contribution in [0.4, 0.5) is 5.69 Å². The predicted octanol–water partition coefficient (Wildman–Crippen LogP) is 1.73. The molecule has 1 rings (SSSR count). The Morgan fingerprint density at radius 3 is 2.85 bits per heavy atom. The van der Waals surface area contributed by atoms with E-state index in [0.29, 0.717) is 18.5 Å². The van der Waals surface area contributed by atoms with Gasteiger partial charge in [0.1, 0.15) is 5.56 Å². The van der Waals surface area contributed by atoms with Crippen LogP contribution in [-0.2, 0) is 4.74 Å². The van der Waals surface area contributed by atoms with Crippen LogP contribution >= 0.6 is 0 Å². The van der Waals surface area contributed by atoms with E-state index in [-0.39, 0.29) is 17.9 Å². The maximum absolute atomic E-state index is 11.5. The topological polar surface area (TPSA) is 81.5 Å². The summed E-state index contributed by atoms with van der Waals surface area (Å²) in [4.78, 5) is 22.0. The largest absolute Gasteiger partial charge is 0.462 e. The summed E-state index contributed by atoms with van der Waals surface area (Å²) in [5.41, 5.74) is 0.256. The molecule has 1 aromatic carbocycles. The fraction of sp³-hybridized carbons (Fsp3) is 0.357. The second kappa shape index (κ2) is 7.92. The van der Waals surface area contributed by atoms with E-state index in [9.17, 15) is 14.9 Å². The van der Waals surface area contributed by atoms with Gasteiger partial charge in [0.05, 0.1) is 17.1 Å². The van der Waals surface area contributed by atoms with Crippen molar-refractivity contribution >= 4 is 11.7 Å². The van der Waals surface area contributed by atoms with Gasteiger partial charge in [0.15, 0.2) is 0 Å². The van der Waals surface area contributed by atoms with E-state index in [2.05, 4.69) is 17.2 Å². The summed E-state index contributed by atoms with van der Waals surface area (Å²) in [7, 11) is 1.80. The van der Waals surface area contributed by atoms with Gasteiger partial charge in [0, 0.05) is 19.0 Å². The van der Waals surface area contributed by atoms with Crippen LogP contribution < -0.4 is 5.32 Å². The number of carbonyl (C=O) groups is 1. The van der Waals surface area contributed by atoms with Gasteiger partial charge >= 0.3 is 5.97 Å². The number of nitro groups is 1. The van der Waals surface area contributed by atoms with Crippen LogP contribution in [-0.4, -0.2) is 31.1 Å². The van der Waals surface area contributed by atoms with E-state index in [1.165, 1.54) is 18.2 Å². The highest BCUT2D eigenvalue weighted by atomic mass is 16.6. The SMILES string of the molecule is CCOC(=O)c1ccc(C#CCCNC)c([N+](=O)[O-])c1. The first kappa shape index (κ1) is 15.7. The lowest BCUT2D eigenvalue weighted by molar-refractivity contribution is -0.385. The fourth-order valence-electron chi connectivity index (χ4n) is 1.48. The Hall–Kier alpha value is -2.39. The maximum Gasteiger partial charge on any atom is 0.338 e. The van der Waals surface area contributed by atoms with E-state index in [1.54, 1.807) is 14.0 Å². The predicted molar refractivity (Wildman–Crippen MR) is 74.5 cm³/mol. The molecular formula is C14H16N2O4. The maximum atomic E-state index is 11.5. The minimum absolute atomic E-state index is 0.152. The first-order chi connectivity index (χ1) is 9.60. The second-order valence-corrected chi connectivity index (χ2v) is 3.86. The molecular weight excluding hydrogens is 260 g/mol. The third kappa shape index (κ3) is 4.37. The second-order valence-electron chi connectivity index (χ2n) is 3.86. The zero-order chi connectivity index (χ0) is 15.0. The minimum Gasteiger partial charge on any atom is -0.462 e. The summed E-state index contributed by atoms with van der Waals surface area (Å²) in [6.07, 6.45) is 0.591. The lowest BCUT2D eigenvalue weighted by Gasteiger charge is -2.02. The van der Waals surface area contributed by atoms with Crippen molar-refractivity contribution < 1.29 is 14.5 Å². The number of hydrogen-bond acceptors (Lipinski definition) is 5. The number of esters is 1. The van der Waals surface area contributed by atoms with Crippen molar-refractivity contribution in [1.82, 2.24) is 5.32 Å². The molecule has 0 heterocycles. The van der Waals surface area contributed by atoms with E-state index in [1.807, 2.05) is 0 Å². The van der Waals surface area contributed by atoms with E-state index in [4.69, 9.17) is 4.74 Å². The Morgan fingerprint density at radius 1 is 1.50 bits per heavy atom. The molecule has 0 bridgehead atoms. The fourth-order valence-corrected chi connectivity index (χ4v) is 1.48. The van der Waals surface area contributed by atoms with Crippen molar-refractivity contribution in [1.29, 1.82) is 0 Å². The first-order valence-corrected chi connectivity index (χ1v) is 6.19. The number of nitro benzene ring substituents is 1. The van der Waals surface area contributed by atoms with Gasteiger partial charge in [0.2, 0.25) is 0 Å². The van der Waals surface area contributed by atoms with Crippen LogP contribution in [0.3, 0.4) is 0 Å². The summed E-state index contributed by atoms with van der Waals surface area (Å²) in [6, 6.07) is 4.14. The average Bonchev–Trinajstić information content (AvgIpc) is 2.43. The highest BCUT2D eigenvalue weighted by molar-refractivity contribution is 5.90. The van der Waals surface area contributed by atoms with Crippen molar-refractivity contribution in [3.8, 4) is 11.8 Å². The Kier molecular flexibility index (Phi) is 6.20. The van der Waals surface area contributed by atoms with E-state index < -0.39 is 10.9 Å². The van der Waals surface area contributed by atoms with Crippen LogP contribution in [0.15, 0.2) is 18.2 Å². The molecule has 0 spiro atoms. The Labute approximate surface area is 117 Å². The summed E-state index contributed by atoms with van der Waals surface area (Å²) in [5.74, 6) is 5.00. The summed E-state index contributed by atoms with van der Waals surface area (Å²) < 4.78 is 4.81. The number of carbonyl (C=O) groups excluding carboxylic acids is 1. The number of rotatable bonds is 5. The van der Waals surface area contributed by atoms with Crippen molar-refractivity contribution in [2.45, 2.75) is 13.3 Å². The third-order valence-electron chi connectivity index (χ3n) is 2.43. The monoisotopic (exact) mass is 276 g/mol. The third-order valence-corrected chi connectivity index (χ3v) is 2.43.